The molecule has 3 atom stereocenters. The van der Waals surface area contributed by atoms with Gasteiger partial charge in [-0.25, -0.2) is 0 Å². The lowest BCUT2D eigenvalue weighted by molar-refractivity contribution is -0.0497. The van der Waals surface area contributed by atoms with Gasteiger partial charge in [0.05, 0.1) is 5.02 Å². The molecule has 1 aromatic rings. The minimum atomic E-state index is -2.85. The van der Waals surface area contributed by atoms with Gasteiger partial charge >= 0.3 is 6.61 Å². The zero-order valence-corrected chi connectivity index (χ0v) is 11.7. The van der Waals surface area contributed by atoms with Crippen molar-refractivity contribution >= 4 is 17.3 Å². The zero-order chi connectivity index (χ0) is 14.1. The first-order chi connectivity index (χ1) is 9.61. The molecule has 0 saturated carbocycles. The van der Waals surface area contributed by atoms with E-state index in [4.69, 9.17) is 11.6 Å². The summed E-state index contributed by atoms with van der Waals surface area (Å²) in [7, 11) is 0. The molecule has 6 heteroatoms. The maximum atomic E-state index is 12.2. The fourth-order valence-electron chi connectivity index (χ4n) is 3.14. The number of rotatable bonds is 4. The Balaban J connectivity index is 1.67. The van der Waals surface area contributed by atoms with Crippen molar-refractivity contribution in [1.29, 1.82) is 0 Å². The van der Waals surface area contributed by atoms with Gasteiger partial charge in [0.15, 0.2) is 0 Å². The molecule has 2 aliphatic rings. The second-order valence-corrected chi connectivity index (χ2v) is 5.82. The van der Waals surface area contributed by atoms with E-state index in [9.17, 15) is 8.78 Å². The number of anilines is 1. The van der Waals surface area contributed by atoms with Gasteiger partial charge in [-0.15, -0.1) is 0 Å². The van der Waals surface area contributed by atoms with Gasteiger partial charge in [0.2, 0.25) is 0 Å². The van der Waals surface area contributed by atoms with Gasteiger partial charge < -0.3 is 15.0 Å². The molecule has 0 aromatic heterocycles. The van der Waals surface area contributed by atoms with Gasteiger partial charge in [-0.1, -0.05) is 11.6 Å². The molecule has 3 nitrogen and oxygen atoms in total. The Hall–Kier alpha value is -1.07. The zero-order valence-electron chi connectivity index (χ0n) is 11.0. The Labute approximate surface area is 121 Å². The highest BCUT2D eigenvalue weighted by molar-refractivity contribution is 6.32. The number of ether oxygens (including phenoxy) is 1. The second-order valence-electron chi connectivity index (χ2n) is 5.41. The molecule has 2 aliphatic heterocycles. The summed E-state index contributed by atoms with van der Waals surface area (Å²) in [6, 6.07) is 5.32. The van der Waals surface area contributed by atoms with Crippen LogP contribution in [0.5, 0.6) is 5.75 Å². The minimum Gasteiger partial charge on any atom is -0.433 e. The van der Waals surface area contributed by atoms with Crippen molar-refractivity contribution in [2.45, 2.75) is 25.5 Å². The van der Waals surface area contributed by atoms with Gasteiger partial charge in [0, 0.05) is 24.8 Å². The summed E-state index contributed by atoms with van der Waals surface area (Å²) in [5.74, 6) is 0.683. The second kappa shape index (κ2) is 5.74. The van der Waals surface area contributed by atoms with E-state index >= 15 is 0 Å². The van der Waals surface area contributed by atoms with E-state index < -0.39 is 6.61 Å². The molecule has 1 aromatic carbocycles. The number of nitrogens with zero attached hydrogens (tertiary/aromatic N) is 1. The largest absolute Gasteiger partial charge is 0.433 e. The van der Waals surface area contributed by atoms with Gasteiger partial charge in [0.25, 0.3) is 0 Å². The number of nitrogens with one attached hydrogen (secondary N) is 1. The first kappa shape index (κ1) is 13.9. The predicted octanol–water partition coefficient (Wildman–Crippen LogP) is 3.45. The Kier molecular flexibility index (Phi) is 3.98. The highest BCUT2D eigenvalue weighted by Gasteiger charge is 2.34. The summed E-state index contributed by atoms with van der Waals surface area (Å²) in [6.07, 6.45) is 2.33. The predicted molar refractivity (Wildman–Crippen MR) is 74.7 cm³/mol. The van der Waals surface area contributed by atoms with Crippen molar-refractivity contribution in [3.63, 3.8) is 0 Å². The first-order valence-corrected chi connectivity index (χ1v) is 7.23. The summed E-state index contributed by atoms with van der Waals surface area (Å²) < 4.78 is 28.7. The van der Waals surface area contributed by atoms with E-state index in [1.165, 1.54) is 19.0 Å². The lowest BCUT2D eigenvalue weighted by atomic mass is 9.94. The SMILES string of the molecule is FC(F)Oc1ccc(NC2CCN3CCC2C3)cc1Cl. The average Bonchev–Trinajstić information content (AvgIpc) is 2.79. The quantitative estimate of drug-likeness (QED) is 0.922. The van der Waals surface area contributed by atoms with Crippen molar-refractivity contribution in [3.05, 3.63) is 23.2 Å². The van der Waals surface area contributed by atoms with Gasteiger partial charge in [-0.2, -0.15) is 8.78 Å². The number of hydrogen-bond donors (Lipinski definition) is 1. The highest BCUT2D eigenvalue weighted by atomic mass is 35.5. The van der Waals surface area contributed by atoms with E-state index in [0.29, 0.717) is 12.0 Å². The van der Waals surface area contributed by atoms with Gasteiger partial charge in [-0.05, 0) is 43.5 Å². The third kappa shape index (κ3) is 2.99. The molecule has 3 rings (SSSR count). The number of hydrogen-bond acceptors (Lipinski definition) is 3. The van der Waals surface area contributed by atoms with Crippen LogP contribution in [0.15, 0.2) is 18.2 Å². The normalized spacial score (nSPS) is 28.7. The third-order valence-corrected chi connectivity index (χ3v) is 4.43. The summed E-state index contributed by atoms with van der Waals surface area (Å²) in [4.78, 5) is 2.48. The van der Waals surface area contributed by atoms with Crippen LogP contribution in [-0.4, -0.2) is 37.2 Å². The Bertz CT molecular complexity index is 486. The van der Waals surface area contributed by atoms with Crippen LogP contribution in [0, 0.1) is 5.92 Å². The Morgan fingerprint density at radius 1 is 1.30 bits per heavy atom. The summed E-state index contributed by atoms with van der Waals surface area (Å²) >= 11 is 5.96. The minimum absolute atomic E-state index is 0.0166. The van der Waals surface area contributed by atoms with Crippen molar-refractivity contribution in [3.8, 4) is 5.75 Å². The molecule has 0 radical (unpaired) electrons. The first-order valence-electron chi connectivity index (χ1n) is 6.85. The van der Waals surface area contributed by atoms with E-state index in [2.05, 4.69) is 15.0 Å². The van der Waals surface area contributed by atoms with E-state index in [1.807, 2.05) is 0 Å². The lowest BCUT2D eigenvalue weighted by Gasteiger charge is -2.31. The van der Waals surface area contributed by atoms with Gasteiger partial charge in [-0.3, -0.25) is 0 Å². The number of benzene rings is 1. The molecule has 0 aliphatic carbocycles. The number of alkyl halides is 2. The molecule has 2 heterocycles. The maximum absolute atomic E-state index is 12.2. The van der Waals surface area contributed by atoms with E-state index in [-0.39, 0.29) is 10.8 Å². The molecule has 20 heavy (non-hydrogen) atoms. The average molecular weight is 303 g/mol. The van der Waals surface area contributed by atoms with Crippen LogP contribution in [0.2, 0.25) is 5.02 Å². The van der Waals surface area contributed by atoms with Crippen molar-refractivity contribution in [2.24, 2.45) is 5.92 Å². The summed E-state index contributed by atoms with van der Waals surface area (Å²) in [5.41, 5.74) is 0.863. The maximum Gasteiger partial charge on any atom is 0.387 e. The monoisotopic (exact) mass is 302 g/mol. The topological polar surface area (TPSA) is 24.5 Å². The van der Waals surface area contributed by atoms with Crippen LogP contribution in [-0.2, 0) is 0 Å². The van der Waals surface area contributed by atoms with E-state index in [0.717, 1.165) is 25.2 Å². The van der Waals surface area contributed by atoms with E-state index in [1.54, 1.807) is 12.1 Å². The molecule has 2 fully saturated rings. The smallest absolute Gasteiger partial charge is 0.387 e. The van der Waals surface area contributed by atoms with Crippen LogP contribution < -0.4 is 10.1 Å². The summed E-state index contributed by atoms with van der Waals surface area (Å²) in [5, 5.41) is 3.68. The van der Waals surface area contributed by atoms with Crippen LogP contribution >= 0.6 is 11.6 Å². The number of fused-ring (bicyclic) bond motifs is 2. The van der Waals surface area contributed by atoms with Crippen LogP contribution in [0.3, 0.4) is 0 Å². The Morgan fingerprint density at radius 3 is 2.85 bits per heavy atom. The molecule has 3 unspecified atom stereocenters. The molecule has 110 valence electrons. The lowest BCUT2D eigenvalue weighted by Crippen LogP contribution is -2.39. The Morgan fingerprint density at radius 2 is 2.10 bits per heavy atom. The standard InChI is InChI=1S/C14H17ClF2N2O/c15-11-7-10(1-2-13(11)20-14(16)17)18-12-4-6-19-5-3-9(12)8-19/h1-2,7,9,12,14,18H,3-6,8H2. The van der Waals surface area contributed by atoms with Crippen molar-refractivity contribution < 1.29 is 13.5 Å². The van der Waals surface area contributed by atoms with Crippen LogP contribution in [0.25, 0.3) is 0 Å². The van der Waals surface area contributed by atoms with Gasteiger partial charge in [0.1, 0.15) is 5.75 Å². The molecule has 0 amide bonds. The fourth-order valence-corrected chi connectivity index (χ4v) is 3.36. The highest BCUT2D eigenvalue weighted by Crippen LogP contribution is 2.32. The molecule has 2 bridgehead atoms. The molecular weight excluding hydrogens is 286 g/mol. The molecular formula is C14H17ClF2N2O. The molecule has 2 saturated heterocycles. The third-order valence-electron chi connectivity index (χ3n) is 4.13. The fraction of sp³-hybridized carbons (Fsp3) is 0.571. The molecule has 0 spiro atoms. The van der Waals surface area contributed by atoms with Crippen LogP contribution in [0.1, 0.15) is 12.8 Å². The summed E-state index contributed by atoms with van der Waals surface area (Å²) in [6.45, 7) is 0.603. The molecule has 1 N–H and O–H groups in total. The van der Waals surface area contributed by atoms with Crippen molar-refractivity contribution in [1.82, 2.24) is 4.90 Å². The number of halogens is 3. The van der Waals surface area contributed by atoms with Crippen molar-refractivity contribution in [2.75, 3.05) is 25.0 Å². The number of piperidine rings is 1. The van der Waals surface area contributed by atoms with Crippen LogP contribution in [0.4, 0.5) is 14.5 Å².